The monoisotopic (exact) mass is 487 g/mol. The quantitative estimate of drug-likeness (QED) is 0.404. The summed E-state index contributed by atoms with van der Waals surface area (Å²) in [5.74, 6) is 0.816. The zero-order valence-corrected chi connectivity index (χ0v) is 19.5. The van der Waals surface area contributed by atoms with Crippen molar-refractivity contribution in [3.63, 3.8) is 0 Å². The number of para-hydroxylation sites is 1. The number of rotatable bonds is 5. The van der Waals surface area contributed by atoms with Crippen LogP contribution < -0.4 is 10.9 Å². The van der Waals surface area contributed by atoms with Gasteiger partial charge >= 0.3 is 0 Å². The van der Waals surface area contributed by atoms with Crippen LogP contribution in [0.2, 0.25) is 5.02 Å². The van der Waals surface area contributed by atoms with Gasteiger partial charge in [0.2, 0.25) is 11.7 Å². The van der Waals surface area contributed by atoms with Crippen LogP contribution in [0.25, 0.3) is 22.5 Å². The van der Waals surface area contributed by atoms with Crippen LogP contribution in [0, 0.1) is 0 Å². The molecule has 6 rings (SSSR count). The SMILES string of the molecule is O=c1c2cnc(Nc3ccc(CN4CCOCC4)cc3)nc2n2ccnc2n1-c1ccccc1Cl. The van der Waals surface area contributed by atoms with Gasteiger partial charge < -0.3 is 10.1 Å². The average molecular weight is 488 g/mol. The van der Waals surface area contributed by atoms with Crippen molar-refractivity contribution in [3.05, 3.63) is 88.1 Å². The van der Waals surface area contributed by atoms with E-state index >= 15 is 0 Å². The van der Waals surface area contributed by atoms with Crippen LogP contribution >= 0.6 is 11.6 Å². The largest absolute Gasteiger partial charge is 0.379 e. The van der Waals surface area contributed by atoms with Crippen molar-refractivity contribution in [2.45, 2.75) is 6.54 Å². The molecule has 0 atom stereocenters. The van der Waals surface area contributed by atoms with Gasteiger partial charge in [-0.25, -0.2) is 14.5 Å². The third kappa shape index (κ3) is 4.14. The molecule has 1 fully saturated rings. The molecule has 10 heteroatoms. The number of imidazole rings is 1. The number of anilines is 2. The summed E-state index contributed by atoms with van der Waals surface area (Å²) >= 11 is 6.38. The van der Waals surface area contributed by atoms with E-state index in [2.05, 4.69) is 37.3 Å². The summed E-state index contributed by atoms with van der Waals surface area (Å²) in [6, 6.07) is 15.4. The minimum absolute atomic E-state index is 0.286. The van der Waals surface area contributed by atoms with Crippen molar-refractivity contribution < 1.29 is 4.74 Å². The fraction of sp³-hybridized carbons (Fsp3) is 0.200. The van der Waals surface area contributed by atoms with Crippen molar-refractivity contribution >= 4 is 40.0 Å². The van der Waals surface area contributed by atoms with E-state index in [4.69, 9.17) is 16.3 Å². The van der Waals surface area contributed by atoms with E-state index in [1.54, 1.807) is 28.9 Å². The highest BCUT2D eigenvalue weighted by atomic mass is 35.5. The maximum absolute atomic E-state index is 13.4. The van der Waals surface area contributed by atoms with Gasteiger partial charge in [-0.1, -0.05) is 35.9 Å². The number of nitrogens with one attached hydrogen (secondary N) is 1. The molecule has 0 spiro atoms. The van der Waals surface area contributed by atoms with E-state index in [0.29, 0.717) is 33.5 Å². The van der Waals surface area contributed by atoms with Crippen molar-refractivity contribution in [2.75, 3.05) is 31.6 Å². The molecule has 0 unspecified atom stereocenters. The highest BCUT2D eigenvalue weighted by Gasteiger charge is 2.17. The summed E-state index contributed by atoms with van der Waals surface area (Å²) in [6.07, 6.45) is 4.93. The van der Waals surface area contributed by atoms with Gasteiger partial charge in [0.1, 0.15) is 5.39 Å². The van der Waals surface area contributed by atoms with Crippen LogP contribution in [0.15, 0.2) is 71.9 Å². The van der Waals surface area contributed by atoms with Crippen LogP contribution in [0.3, 0.4) is 0 Å². The molecule has 2 aromatic carbocycles. The molecule has 3 aromatic heterocycles. The van der Waals surface area contributed by atoms with Gasteiger partial charge in [0.25, 0.3) is 5.56 Å². The fourth-order valence-corrected chi connectivity index (χ4v) is 4.52. The van der Waals surface area contributed by atoms with Gasteiger partial charge in [0, 0.05) is 43.9 Å². The molecule has 0 saturated carbocycles. The van der Waals surface area contributed by atoms with Crippen molar-refractivity contribution in [2.24, 2.45) is 0 Å². The van der Waals surface area contributed by atoms with Crippen molar-refractivity contribution in [3.8, 4) is 5.69 Å². The molecule has 0 bridgehead atoms. The van der Waals surface area contributed by atoms with Crippen LogP contribution in [-0.2, 0) is 11.3 Å². The first-order valence-corrected chi connectivity index (χ1v) is 11.7. The molecule has 1 aliphatic rings. The predicted molar refractivity (Wildman–Crippen MR) is 135 cm³/mol. The number of halogens is 1. The van der Waals surface area contributed by atoms with E-state index in [-0.39, 0.29) is 5.56 Å². The number of hydrogen-bond acceptors (Lipinski definition) is 7. The molecule has 35 heavy (non-hydrogen) atoms. The topological polar surface area (TPSA) is 89.6 Å². The molecule has 176 valence electrons. The lowest BCUT2D eigenvalue weighted by molar-refractivity contribution is 0.0342. The summed E-state index contributed by atoms with van der Waals surface area (Å²) in [7, 11) is 0. The highest BCUT2D eigenvalue weighted by molar-refractivity contribution is 6.32. The first kappa shape index (κ1) is 21.7. The Morgan fingerprint density at radius 1 is 1.03 bits per heavy atom. The number of benzene rings is 2. The lowest BCUT2D eigenvalue weighted by Crippen LogP contribution is -2.35. The van der Waals surface area contributed by atoms with Crippen molar-refractivity contribution in [1.82, 2.24) is 28.8 Å². The number of morpholine rings is 1. The van der Waals surface area contributed by atoms with Gasteiger partial charge in [-0.3, -0.25) is 14.1 Å². The molecular formula is C25H22ClN7O2. The molecule has 4 heterocycles. The molecule has 0 aliphatic carbocycles. The second kappa shape index (κ2) is 9.10. The molecule has 1 aliphatic heterocycles. The predicted octanol–water partition coefficient (Wildman–Crippen LogP) is 3.66. The van der Waals surface area contributed by atoms with Gasteiger partial charge in [-0.2, -0.15) is 4.98 Å². The standard InChI is InChI=1S/C25H22ClN7O2/c26-20-3-1-2-4-21(20)33-23(34)19-15-28-24(30-22(19)32-10-9-27-25(32)33)29-18-7-5-17(6-8-18)16-31-11-13-35-14-12-31/h1-10,15H,11-14,16H2,(H,28,29,30). The van der Waals surface area contributed by atoms with Crippen LogP contribution in [0.4, 0.5) is 11.6 Å². The maximum Gasteiger partial charge on any atom is 0.270 e. The minimum atomic E-state index is -0.286. The van der Waals surface area contributed by atoms with E-state index < -0.39 is 0 Å². The Morgan fingerprint density at radius 3 is 2.63 bits per heavy atom. The Hall–Kier alpha value is -3.79. The number of nitrogens with zero attached hydrogens (tertiary/aromatic N) is 6. The second-order valence-corrected chi connectivity index (χ2v) is 8.74. The Kier molecular flexibility index (Phi) is 5.65. The number of fused-ring (bicyclic) bond motifs is 3. The molecular weight excluding hydrogens is 466 g/mol. The smallest absolute Gasteiger partial charge is 0.270 e. The minimum Gasteiger partial charge on any atom is -0.379 e. The third-order valence-electron chi connectivity index (χ3n) is 6.06. The summed E-state index contributed by atoms with van der Waals surface area (Å²) in [5, 5.41) is 4.06. The highest BCUT2D eigenvalue weighted by Crippen LogP contribution is 2.23. The number of ether oxygens (including phenoxy) is 1. The van der Waals surface area contributed by atoms with Gasteiger partial charge in [-0.15, -0.1) is 0 Å². The second-order valence-electron chi connectivity index (χ2n) is 8.33. The third-order valence-corrected chi connectivity index (χ3v) is 6.38. The molecule has 1 saturated heterocycles. The van der Waals surface area contributed by atoms with Gasteiger partial charge in [0.05, 0.1) is 23.9 Å². The Morgan fingerprint density at radius 2 is 1.83 bits per heavy atom. The molecule has 9 nitrogen and oxygen atoms in total. The Labute approximate surface area is 205 Å². The van der Waals surface area contributed by atoms with Crippen LogP contribution in [0.5, 0.6) is 0 Å². The van der Waals surface area contributed by atoms with E-state index in [9.17, 15) is 4.79 Å². The first-order valence-electron chi connectivity index (χ1n) is 11.3. The Bertz CT molecular complexity index is 1570. The number of hydrogen-bond donors (Lipinski definition) is 1. The van der Waals surface area contributed by atoms with E-state index in [1.807, 2.05) is 24.3 Å². The molecule has 1 N–H and O–H groups in total. The van der Waals surface area contributed by atoms with E-state index in [0.717, 1.165) is 38.5 Å². The van der Waals surface area contributed by atoms with Gasteiger partial charge in [0.15, 0.2) is 5.65 Å². The summed E-state index contributed by atoms with van der Waals surface area (Å²) in [4.78, 5) is 29.2. The van der Waals surface area contributed by atoms with Crippen LogP contribution in [0.1, 0.15) is 5.56 Å². The van der Waals surface area contributed by atoms with Crippen molar-refractivity contribution in [1.29, 1.82) is 0 Å². The lowest BCUT2D eigenvalue weighted by Gasteiger charge is -2.26. The number of aromatic nitrogens is 5. The summed E-state index contributed by atoms with van der Waals surface area (Å²) < 4.78 is 8.66. The molecule has 0 amide bonds. The zero-order chi connectivity index (χ0) is 23.8. The molecule has 5 aromatic rings. The van der Waals surface area contributed by atoms with Crippen LogP contribution in [-0.4, -0.2) is 55.1 Å². The van der Waals surface area contributed by atoms with Gasteiger partial charge in [-0.05, 0) is 29.8 Å². The summed E-state index contributed by atoms with van der Waals surface area (Å²) in [6.45, 7) is 4.36. The Balaban J connectivity index is 1.33. The zero-order valence-electron chi connectivity index (χ0n) is 18.8. The average Bonchev–Trinajstić information content (AvgIpc) is 3.37. The van der Waals surface area contributed by atoms with E-state index in [1.165, 1.54) is 16.3 Å². The first-order chi connectivity index (χ1) is 17.2. The normalized spacial score (nSPS) is 14.5. The maximum atomic E-state index is 13.4. The summed E-state index contributed by atoms with van der Waals surface area (Å²) in [5.41, 5.74) is 2.83. The fourth-order valence-electron chi connectivity index (χ4n) is 4.30. The lowest BCUT2D eigenvalue weighted by atomic mass is 10.2. The molecule has 0 radical (unpaired) electrons.